The number of esters is 1. The molecule has 1 fully saturated rings. The van der Waals surface area contributed by atoms with Crippen molar-refractivity contribution < 1.29 is 9.53 Å². The van der Waals surface area contributed by atoms with Crippen LogP contribution in [0.2, 0.25) is 0 Å². The Labute approximate surface area is 122 Å². The summed E-state index contributed by atoms with van der Waals surface area (Å²) in [5.74, 6) is -0.505. The number of nitrogens with two attached hydrogens (primary N) is 1. The van der Waals surface area contributed by atoms with Gasteiger partial charge in [0.25, 0.3) is 0 Å². The maximum absolute atomic E-state index is 11.6. The van der Waals surface area contributed by atoms with Crippen LogP contribution in [0.4, 0.5) is 10.7 Å². The van der Waals surface area contributed by atoms with Gasteiger partial charge < -0.3 is 20.7 Å². The first-order valence-corrected chi connectivity index (χ1v) is 7.25. The molecule has 0 aromatic carbocycles. The molecule has 1 aromatic heterocycles. The van der Waals surface area contributed by atoms with Crippen LogP contribution in [0.15, 0.2) is 0 Å². The summed E-state index contributed by atoms with van der Waals surface area (Å²) >= 11 is 1.18. The number of ether oxygens (including phenoxy) is 1. The van der Waals surface area contributed by atoms with Crippen molar-refractivity contribution in [2.45, 2.75) is 18.9 Å². The molecule has 0 bridgehead atoms. The van der Waals surface area contributed by atoms with E-state index in [0.29, 0.717) is 16.6 Å². The number of hydrogen-bond donors (Lipinski definition) is 2. The zero-order valence-corrected chi connectivity index (χ0v) is 12.4. The highest BCUT2D eigenvalue weighted by molar-refractivity contribution is 7.18. The summed E-state index contributed by atoms with van der Waals surface area (Å²) in [5.41, 5.74) is 6.37. The fourth-order valence-electron chi connectivity index (χ4n) is 2.37. The quantitative estimate of drug-likeness (QED) is 0.818. The molecule has 0 aliphatic carbocycles. The fourth-order valence-corrected chi connectivity index (χ4v) is 3.37. The zero-order valence-electron chi connectivity index (χ0n) is 11.6. The van der Waals surface area contributed by atoms with E-state index in [2.05, 4.69) is 28.1 Å². The first-order valence-electron chi connectivity index (χ1n) is 6.43. The maximum atomic E-state index is 11.6. The van der Waals surface area contributed by atoms with Gasteiger partial charge in [-0.3, -0.25) is 0 Å². The van der Waals surface area contributed by atoms with E-state index in [-0.39, 0.29) is 10.6 Å². The fraction of sp³-hybridized carbons (Fsp3) is 0.538. The maximum Gasteiger partial charge on any atom is 0.350 e. The van der Waals surface area contributed by atoms with Crippen molar-refractivity contribution in [3.05, 3.63) is 10.4 Å². The average Bonchev–Trinajstić information content (AvgIpc) is 2.99. The second kappa shape index (κ2) is 6.11. The first-order chi connectivity index (χ1) is 9.58. The van der Waals surface area contributed by atoms with Crippen LogP contribution in [0.25, 0.3) is 0 Å². The van der Waals surface area contributed by atoms with Gasteiger partial charge in [-0.25, -0.2) is 4.79 Å². The van der Waals surface area contributed by atoms with E-state index < -0.39 is 5.97 Å². The van der Waals surface area contributed by atoms with Crippen LogP contribution in [-0.2, 0) is 4.74 Å². The number of carbonyl (C=O) groups excluding carboxylic acids is 1. The predicted molar refractivity (Wildman–Crippen MR) is 78.9 cm³/mol. The van der Waals surface area contributed by atoms with Gasteiger partial charge in [0.15, 0.2) is 0 Å². The van der Waals surface area contributed by atoms with Crippen molar-refractivity contribution in [2.24, 2.45) is 0 Å². The Bertz CT molecular complexity index is 549. The average molecular weight is 294 g/mol. The van der Waals surface area contributed by atoms with Gasteiger partial charge in [-0.05, 0) is 26.4 Å². The minimum absolute atomic E-state index is 0.201. The summed E-state index contributed by atoms with van der Waals surface area (Å²) in [6, 6.07) is 2.50. The van der Waals surface area contributed by atoms with Crippen molar-refractivity contribution in [2.75, 3.05) is 38.3 Å². The Morgan fingerprint density at radius 1 is 1.70 bits per heavy atom. The SMILES string of the molecule is COC(=O)c1sc(NCC2CCCN2C)c(C#N)c1N. The Kier molecular flexibility index (Phi) is 4.47. The lowest BCUT2D eigenvalue weighted by molar-refractivity contribution is 0.0607. The molecule has 1 aliphatic rings. The van der Waals surface area contributed by atoms with Gasteiger partial charge in [0, 0.05) is 12.6 Å². The van der Waals surface area contributed by atoms with E-state index in [9.17, 15) is 10.1 Å². The molecule has 0 amide bonds. The molecule has 20 heavy (non-hydrogen) atoms. The van der Waals surface area contributed by atoms with Gasteiger partial charge in [-0.2, -0.15) is 5.26 Å². The number of nitrogen functional groups attached to an aromatic ring is 1. The number of nitrogens with one attached hydrogen (secondary N) is 1. The smallest absolute Gasteiger partial charge is 0.350 e. The zero-order chi connectivity index (χ0) is 14.7. The number of hydrogen-bond acceptors (Lipinski definition) is 7. The van der Waals surface area contributed by atoms with Gasteiger partial charge in [0.05, 0.1) is 12.8 Å². The Hall–Kier alpha value is -1.78. The van der Waals surface area contributed by atoms with Crippen LogP contribution in [-0.4, -0.2) is 44.2 Å². The second-order valence-electron chi connectivity index (χ2n) is 4.81. The summed E-state index contributed by atoms with van der Waals surface area (Å²) in [7, 11) is 3.39. The number of methoxy groups -OCH3 is 1. The van der Waals surface area contributed by atoms with Crippen LogP contribution in [0, 0.1) is 11.3 Å². The third kappa shape index (κ3) is 2.71. The van der Waals surface area contributed by atoms with Gasteiger partial charge in [-0.15, -0.1) is 11.3 Å². The van der Waals surface area contributed by atoms with E-state index in [1.54, 1.807) is 0 Å². The molecule has 1 aliphatic heterocycles. The number of nitrogens with zero attached hydrogens (tertiary/aromatic N) is 2. The molecule has 3 N–H and O–H groups in total. The number of nitriles is 1. The molecular weight excluding hydrogens is 276 g/mol. The second-order valence-corrected chi connectivity index (χ2v) is 5.83. The van der Waals surface area contributed by atoms with Crippen LogP contribution in [0.3, 0.4) is 0 Å². The summed E-state index contributed by atoms with van der Waals surface area (Å²) in [5, 5.41) is 13.1. The van der Waals surface area contributed by atoms with Gasteiger partial charge >= 0.3 is 5.97 Å². The van der Waals surface area contributed by atoms with E-state index in [4.69, 9.17) is 5.73 Å². The van der Waals surface area contributed by atoms with Crippen molar-refractivity contribution >= 4 is 28.0 Å². The van der Waals surface area contributed by atoms with Crippen molar-refractivity contribution in [1.29, 1.82) is 5.26 Å². The molecule has 1 atom stereocenters. The number of anilines is 2. The Morgan fingerprint density at radius 2 is 2.45 bits per heavy atom. The van der Waals surface area contributed by atoms with E-state index in [0.717, 1.165) is 19.5 Å². The number of likely N-dealkylation sites (N-methyl/N-ethyl adjacent to an activating group) is 1. The van der Waals surface area contributed by atoms with Gasteiger partial charge in [0.2, 0.25) is 0 Å². The van der Waals surface area contributed by atoms with Crippen LogP contribution in [0.1, 0.15) is 28.1 Å². The molecule has 1 aromatic rings. The van der Waals surface area contributed by atoms with Crippen LogP contribution >= 0.6 is 11.3 Å². The van der Waals surface area contributed by atoms with E-state index in [1.165, 1.54) is 24.9 Å². The van der Waals surface area contributed by atoms with Crippen LogP contribution < -0.4 is 11.1 Å². The minimum atomic E-state index is -0.505. The molecule has 0 spiro atoms. The normalized spacial score (nSPS) is 18.8. The molecule has 2 rings (SSSR count). The van der Waals surface area contributed by atoms with Gasteiger partial charge in [-0.1, -0.05) is 0 Å². The highest BCUT2D eigenvalue weighted by Crippen LogP contribution is 2.35. The lowest BCUT2D eigenvalue weighted by Gasteiger charge is -2.19. The summed E-state index contributed by atoms with van der Waals surface area (Å²) in [6.45, 7) is 1.84. The largest absolute Gasteiger partial charge is 0.465 e. The lowest BCUT2D eigenvalue weighted by atomic mass is 10.2. The van der Waals surface area contributed by atoms with E-state index in [1.807, 2.05) is 0 Å². The van der Waals surface area contributed by atoms with Crippen molar-refractivity contribution in [3.8, 4) is 6.07 Å². The van der Waals surface area contributed by atoms with Crippen molar-refractivity contribution in [1.82, 2.24) is 4.90 Å². The molecule has 7 heteroatoms. The highest BCUT2D eigenvalue weighted by Gasteiger charge is 2.24. The monoisotopic (exact) mass is 294 g/mol. The molecule has 1 saturated heterocycles. The number of thiophene rings is 1. The lowest BCUT2D eigenvalue weighted by Crippen LogP contribution is -2.31. The first kappa shape index (κ1) is 14.6. The Morgan fingerprint density at radius 3 is 3.00 bits per heavy atom. The van der Waals surface area contributed by atoms with Crippen molar-refractivity contribution in [3.63, 3.8) is 0 Å². The molecule has 0 saturated carbocycles. The predicted octanol–water partition coefficient (Wildman–Crippen LogP) is 1.49. The third-order valence-corrected chi connectivity index (χ3v) is 4.74. The summed E-state index contributed by atoms with van der Waals surface area (Å²) < 4.78 is 4.67. The molecule has 1 unspecified atom stereocenters. The van der Waals surface area contributed by atoms with Crippen LogP contribution in [0.5, 0.6) is 0 Å². The highest BCUT2D eigenvalue weighted by atomic mass is 32.1. The molecule has 0 radical (unpaired) electrons. The number of carbonyl (C=O) groups is 1. The summed E-state index contributed by atoms with van der Waals surface area (Å²) in [6.07, 6.45) is 2.32. The summed E-state index contributed by atoms with van der Waals surface area (Å²) in [4.78, 5) is 14.2. The van der Waals surface area contributed by atoms with Gasteiger partial charge in [0.1, 0.15) is 21.5 Å². The number of likely N-dealkylation sites (tertiary alicyclic amines) is 1. The topological polar surface area (TPSA) is 91.4 Å². The number of rotatable bonds is 4. The molecule has 6 nitrogen and oxygen atoms in total. The minimum Gasteiger partial charge on any atom is -0.465 e. The third-order valence-electron chi connectivity index (χ3n) is 3.60. The standard InChI is InChI=1S/C13H18N4O2S/c1-17-5-3-4-8(17)7-16-12-9(6-14)10(15)11(20-12)13(18)19-2/h8,16H,3-5,7,15H2,1-2H3. The Balaban J connectivity index is 2.15. The molecular formula is C13H18N4O2S. The molecule has 108 valence electrons. The van der Waals surface area contributed by atoms with E-state index >= 15 is 0 Å². The molecule has 2 heterocycles.